The van der Waals surface area contributed by atoms with E-state index >= 15 is 0 Å². The van der Waals surface area contributed by atoms with Gasteiger partial charge in [0.2, 0.25) is 0 Å². The van der Waals surface area contributed by atoms with Crippen LogP contribution in [-0.4, -0.2) is 4.98 Å². The Hall–Kier alpha value is -3.20. The van der Waals surface area contributed by atoms with Crippen molar-refractivity contribution in [3.05, 3.63) is 90.6 Å². The first-order valence-electron chi connectivity index (χ1n) is 7.89. The number of H-pyrrole nitrogens is 1. The highest BCUT2D eigenvalue weighted by molar-refractivity contribution is 5.80. The van der Waals surface area contributed by atoms with Gasteiger partial charge in [0, 0.05) is 17.1 Å². The number of nitrogens with one attached hydrogen (secondary N) is 1. The quantitative estimate of drug-likeness (QED) is 0.524. The summed E-state index contributed by atoms with van der Waals surface area (Å²) in [4.78, 5) is 3.17. The van der Waals surface area contributed by atoms with Crippen LogP contribution in [0.25, 0.3) is 10.9 Å². The minimum atomic E-state index is 0.561. The lowest BCUT2D eigenvalue weighted by Crippen LogP contribution is -1.94. The molecular formula is C21H17NO2. The van der Waals surface area contributed by atoms with E-state index in [2.05, 4.69) is 17.1 Å². The van der Waals surface area contributed by atoms with E-state index in [1.54, 1.807) is 0 Å². The van der Waals surface area contributed by atoms with Crippen LogP contribution < -0.4 is 9.47 Å². The molecule has 3 nitrogen and oxygen atoms in total. The molecule has 0 atom stereocenters. The van der Waals surface area contributed by atoms with Crippen LogP contribution in [0.2, 0.25) is 0 Å². The van der Waals surface area contributed by atoms with Crippen molar-refractivity contribution in [1.29, 1.82) is 0 Å². The lowest BCUT2D eigenvalue weighted by Gasteiger charge is -2.09. The lowest BCUT2D eigenvalue weighted by molar-refractivity contribution is 0.306. The molecule has 4 aromatic rings. The van der Waals surface area contributed by atoms with Gasteiger partial charge >= 0.3 is 0 Å². The zero-order chi connectivity index (χ0) is 16.2. The first-order valence-corrected chi connectivity index (χ1v) is 7.89. The van der Waals surface area contributed by atoms with E-state index in [0.29, 0.717) is 6.61 Å². The molecule has 0 bridgehead atoms. The summed E-state index contributed by atoms with van der Waals surface area (Å²) < 4.78 is 11.7. The number of hydrogen-bond donors (Lipinski definition) is 1. The van der Waals surface area contributed by atoms with Crippen molar-refractivity contribution in [3.63, 3.8) is 0 Å². The molecule has 3 heteroatoms. The fourth-order valence-electron chi connectivity index (χ4n) is 2.58. The zero-order valence-corrected chi connectivity index (χ0v) is 13.1. The van der Waals surface area contributed by atoms with Crippen LogP contribution in [0.3, 0.4) is 0 Å². The van der Waals surface area contributed by atoms with Gasteiger partial charge in [0.1, 0.15) is 23.9 Å². The summed E-state index contributed by atoms with van der Waals surface area (Å²) in [6.07, 6.45) is 1.92. The Morgan fingerprint density at radius 1 is 0.708 bits per heavy atom. The van der Waals surface area contributed by atoms with Crippen LogP contribution in [0, 0.1) is 0 Å². The second-order valence-corrected chi connectivity index (χ2v) is 5.57. The molecule has 1 heterocycles. The number of rotatable bonds is 5. The second-order valence-electron chi connectivity index (χ2n) is 5.57. The van der Waals surface area contributed by atoms with Gasteiger partial charge in [-0.2, -0.15) is 0 Å². The predicted molar refractivity (Wildman–Crippen MR) is 95.6 cm³/mol. The van der Waals surface area contributed by atoms with Gasteiger partial charge in [-0.1, -0.05) is 30.3 Å². The Morgan fingerprint density at radius 2 is 1.46 bits per heavy atom. The van der Waals surface area contributed by atoms with E-state index in [0.717, 1.165) is 33.7 Å². The third-order valence-electron chi connectivity index (χ3n) is 3.83. The SMILES string of the molecule is c1ccc(COc2ccc(Oc3ccc4[nH]ccc4c3)cc2)cc1. The number of fused-ring (bicyclic) bond motifs is 1. The van der Waals surface area contributed by atoms with E-state index in [4.69, 9.17) is 9.47 Å². The van der Waals surface area contributed by atoms with Gasteiger partial charge < -0.3 is 14.5 Å². The third kappa shape index (κ3) is 3.25. The summed E-state index contributed by atoms with van der Waals surface area (Å²) in [5.74, 6) is 2.43. The normalized spacial score (nSPS) is 10.7. The fourth-order valence-corrected chi connectivity index (χ4v) is 2.58. The number of hydrogen-bond acceptors (Lipinski definition) is 2. The average molecular weight is 315 g/mol. The molecular weight excluding hydrogens is 298 g/mol. The van der Waals surface area contributed by atoms with E-state index in [9.17, 15) is 0 Å². The molecule has 3 aromatic carbocycles. The van der Waals surface area contributed by atoms with Crippen molar-refractivity contribution in [2.24, 2.45) is 0 Å². The molecule has 24 heavy (non-hydrogen) atoms. The average Bonchev–Trinajstić information content (AvgIpc) is 3.10. The van der Waals surface area contributed by atoms with Crippen molar-refractivity contribution < 1.29 is 9.47 Å². The van der Waals surface area contributed by atoms with Crippen molar-refractivity contribution in [2.75, 3.05) is 0 Å². The van der Waals surface area contributed by atoms with E-state index < -0.39 is 0 Å². The highest BCUT2D eigenvalue weighted by Gasteiger charge is 2.01. The van der Waals surface area contributed by atoms with Crippen LogP contribution in [-0.2, 0) is 6.61 Å². The minimum Gasteiger partial charge on any atom is -0.489 e. The maximum absolute atomic E-state index is 5.90. The molecule has 0 radical (unpaired) electrons. The van der Waals surface area contributed by atoms with Crippen molar-refractivity contribution in [3.8, 4) is 17.2 Å². The second kappa shape index (κ2) is 6.50. The first kappa shape index (κ1) is 14.4. The molecule has 0 fully saturated rings. The monoisotopic (exact) mass is 315 g/mol. The maximum atomic E-state index is 5.90. The standard InChI is InChI=1S/C21H17NO2/c1-2-4-16(5-3-1)15-23-18-6-8-19(9-7-18)24-20-10-11-21-17(14-20)12-13-22-21/h1-14,22H,15H2. The lowest BCUT2D eigenvalue weighted by atomic mass is 10.2. The van der Waals surface area contributed by atoms with Crippen LogP contribution in [0.1, 0.15) is 5.56 Å². The van der Waals surface area contributed by atoms with Gasteiger partial charge in [-0.15, -0.1) is 0 Å². The molecule has 1 aromatic heterocycles. The molecule has 0 spiro atoms. The first-order chi connectivity index (χ1) is 11.9. The maximum Gasteiger partial charge on any atom is 0.128 e. The smallest absolute Gasteiger partial charge is 0.128 e. The number of aromatic nitrogens is 1. The Labute approximate surface area is 140 Å². The Kier molecular flexibility index (Phi) is 3.90. The number of aromatic amines is 1. The van der Waals surface area contributed by atoms with E-state index in [1.165, 1.54) is 0 Å². The van der Waals surface area contributed by atoms with Gasteiger partial charge in [0.15, 0.2) is 0 Å². The van der Waals surface area contributed by atoms with Gasteiger partial charge in [-0.05, 0) is 54.1 Å². The van der Waals surface area contributed by atoms with Gasteiger partial charge in [0.25, 0.3) is 0 Å². The zero-order valence-electron chi connectivity index (χ0n) is 13.1. The molecule has 0 unspecified atom stereocenters. The van der Waals surface area contributed by atoms with Crippen LogP contribution in [0.4, 0.5) is 0 Å². The molecule has 4 rings (SSSR count). The third-order valence-corrected chi connectivity index (χ3v) is 3.83. The van der Waals surface area contributed by atoms with Crippen molar-refractivity contribution >= 4 is 10.9 Å². The van der Waals surface area contributed by atoms with Crippen molar-refractivity contribution in [1.82, 2.24) is 4.98 Å². The molecule has 0 aliphatic rings. The number of benzene rings is 3. The van der Waals surface area contributed by atoms with Gasteiger partial charge in [-0.3, -0.25) is 0 Å². The molecule has 118 valence electrons. The molecule has 0 aliphatic heterocycles. The van der Waals surface area contributed by atoms with Crippen molar-refractivity contribution in [2.45, 2.75) is 6.61 Å². The largest absolute Gasteiger partial charge is 0.489 e. The van der Waals surface area contributed by atoms with Gasteiger partial charge in [0.05, 0.1) is 0 Å². The fraction of sp³-hybridized carbons (Fsp3) is 0.0476. The Balaban J connectivity index is 1.41. The molecule has 0 amide bonds. The molecule has 1 N–H and O–H groups in total. The Bertz CT molecular complexity index is 927. The highest BCUT2D eigenvalue weighted by Crippen LogP contribution is 2.26. The molecule has 0 saturated heterocycles. The summed E-state index contributed by atoms with van der Waals surface area (Å²) in [6.45, 7) is 0.561. The molecule has 0 aliphatic carbocycles. The van der Waals surface area contributed by atoms with Crippen LogP contribution in [0.15, 0.2) is 85.1 Å². The summed E-state index contributed by atoms with van der Waals surface area (Å²) >= 11 is 0. The van der Waals surface area contributed by atoms with Crippen LogP contribution in [0.5, 0.6) is 17.2 Å². The summed E-state index contributed by atoms with van der Waals surface area (Å²) in [5, 5.41) is 1.13. The highest BCUT2D eigenvalue weighted by atomic mass is 16.5. The summed E-state index contributed by atoms with van der Waals surface area (Å²) in [6, 6.07) is 25.8. The summed E-state index contributed by atoms with van der Waals surface area (Å²) in [7, 11) is 0. The van der Waals surface area contributed by atoms with E-state index in [-0.39, 0.29) is 0 Å². The summed E-state index contributed by atoms with van der Waals surface area (Å²) in [5.41, 5.74) is 2.25. The predicted octanol–water partition coefficient (Wildman–Crippen LogP) is 5.54. The molecule has 0 saturated carbocycles. The topological polar surface area (TPSA) is 34.2 Å². The van der Waals surface area contributed by atoms with Crippen LogP contribution >= 0.6 is 0 Å². The number of ether oxygens (including phenoxy) is 2. The Morgan fingerprint density at radius 3 is 2.29 bits per heavy atom. The van der Waals surface area contributed by atoms with E-state index in [1.807, 2.05) is 72.9 Å². The van der Waals surface area contributed by atoms with Gasteiger partial charge in [-0.25, -0.2) is 0 Å². The minimum absolute atomic E-state index is 0.561.